The lowest BCUT2D eigenvalue weighted by Crippen LogP contribution is -2.58. The Labute approximate surface area is 168 Å². The fourth-order valence-electron chi connectivity index (χ4n) is 3.93. The molecule has 29 heavy (non-hydrogen) atoms. The number of likely N-dealkylation sites (tertiary alicyclic amines) is 1. The van der Waals surface area contributed by atoms with Crippen molar-refractivity contribution in [3.8, 4) is 0 Å². The van der Waals surface area contributed by atoms with E-state index >= 15 is 0 Å². The number of amides is 1. The van der Waals surface area contributed by atoms with Crippen LogP contribution in [-0.4, -0.2) is 56.2 Å². The molecule has 154 valence electrons. The summed E-state index contributed by atoms with van der Waals surface area (Å²) in [5.41, 5.74) is -0.337. The molecule has 1 amide bonds. The van der Waals surface area contributed by atoms with Gasteiger partial charge in [0.2, 0.25) is 5.91 Å². The van der Waals surface area contributed by atoms with Crippen LogP contribution in [0.15, 0.2) is 35.1 Å². The molecule has 1 saturated heterocycles. The highest BCUT2D eigenvalue weighted by Crippen LogP contribution is 2.35. The lowest BCUT2D eigenvalue weighted by Gasteiger charge is -2.43. The van der Waals surface area contributed by atoms with Gasteiger partial charge in [-0.3, -0.25) is 14.4 Å². The minimum atomic E-state index is -1.50. The molecule has 8 heteroatoms. The number of aromatic amines is 1. The van der Waals surface area contributed by atoms with Gasteiger partial charge in [-0.1, -0.05) is 30.3 Å². The van der Waals surface area contributed by atoms with Crippen molar-refractivity contribution in [2.24, 2.45) is 5.41 Å². The van der Waals surface area contributed by atoms with Crippen LogP contribution >= 0.6 is 0 Å². The van der Waals surface area contributed by atoms with Crippen molar-refractivity contribution in [1.29, 1.82) is 0 Å². The molecule has 0 aliphatic carbocycles. The van der Waals surface area contributed by atoms with Gasteiger partial charge in [-0.05, 0) is 32.3 Å². The summed E-state index contributed by atoms with van der Waals surface area (Å²) in [6.07, 6.45) is -0.965. The van der Waals surface area contributed by atoms with Gasteiger partial charge in [0.05, 0.1) is 12.5 Å². The van der Waals surface area contributed by atoms with Gasteiger partial charge in [0.1, 0.15) is 11.2 Å². The van der Waals surface area contributed by atoms with Crippen LogP contribution in [0, 0.1) is 19.3 Å². The average Bonchev–Trinajstić information content (AvgIpc) is 2.67. The highest BCUT2D eigenvalue weighted by molar-refractivity contribution is 5.82. The maximum Gasteiger partial charge on any atom is 0.314 e. The van der Waals surface area contributed by atoms with Gasteiger partial charge in [-0.2, -0.15) is 0 Å². The second-order valence-corrected chi connectivity index (χ2v) is 7.64. The smallest absolute Gasteiger partial charge is 0.314 e. The van der Waals surface area contributed by atoms with E-state index in [1.54, 1.807) is 26.0 Å². The highest BCUT2D eigenvalue weighted by atomic mass is 16.4. The van der Waals surface area contributed by atoms with Crippen LogP contribution in [0.5, 0.6) is 0 Å². The van der Waals surface area contributed by atoms with Crippen molar-refractivity contribution in [2.45, 2.75) is 39.2 Å². The monoisotopic (exact) mass is 399 g/mol. The molecule has 2 atom stereocenters. The number of H-pyrrole nitrogens is 1. The summed E-state index contributed by atoms with van der Waals surface area (Å²) >= 11 is 0. The number of carboxylic acids is 1. The molecular formula is C21H25N3O5. The number of aliphatic carboxylic acids is 1. The molecule has 8 nitrogen and oxygen atoms in total. The number of hydrogen-bond donors (Lipinski definition) is 3. The summed E-state index contributed by atoms with van der Waals surface area (Å²) < 4.78 is 0. The molecule has 1 aliphatic heterocycles. The van der Waals surface area contributed by atoms with E-state index in [-0.39, 0.29) is 49.4 Å². The van der Waals surface area contributed by atoms with Crippen LogP contribution in [0.25, 0.3) is 0 Å². The Morgan fingerprint density at radius 1 is 1.28 bits per heavy atom. The summed E-state index contributed by atoms with van der Waals surface area (Å²) in [6, 6.07) is 9.06. The van der Waals surface area contributed by atoms with E-state index in [2.05, 4.69) is 9.97 Å². The van der Waals surface area contributed by atoms with E-state index in [1.807, 2.05) is 18.2 Å². The number of aryl methyl sites for hydroxylation is 2. The van der Waals surface area contributed by atoms with Crippen LogP contribution in [0.3, 0.4) is 0 Å². The minimum absolute atomic E-state index is 0.111. The summed E-state index contributed by atoms with van der Waals surface area (Å²) in [4.78, 5) is 45.5. The van der Waals surface area contributed by atoms with Crippen molar-refractivity contribution in [3.05, 3.63) is 63.3 Å². The second kappa shape index (κ2) is 8.16. The predicted octanol–water partition coefficient (Wildman–Crippen LogP) is 0.836. The zero-order valence-electron chi connectivity index (χ0n) is 16.5. The molecule has 3 N–H and O–H groups in total. The van der Waals surface area contributed by atoms with Gasteiger partial charge in [0, 0.05) is 24.3 Å². The SMILES string of the molecule is Cc1nc(C)c(CC(=O)N2CC[C@H](O)[C@](Cc3ccccc3)(C(=O)O)C2)c(=O)[nH]1. The number of aliphatic hydroxyl groups excluding tert-OH is 1. The van der Waals surface area contributed by atoms with Crippen molar-refractivity contribution >= 4 is 11.9 Å². The van der Waals surface area contributed by atoms with E-state index in [1.165, 1.54) is 4.90 Å². The van der Waals surface area contributed by atoms with Gasteiger partial charge >= 0.3 is 5.97 Å². The Morgan fingerprint density at radius 3 is 2.59 bits per heavy atom. The van der Waals surface area contributed by atoms with E-state index in [4.69, 9.17) is 0 Å². The fourth-order valence-corrected chi connectivity index (χ4v) is 3.93. The summed E-state index contributed by atoms with van der Waals surface area (Å²) in [7, 11) is 0. The summed E-state index contributed by atoms with van der Waals surface area (Å²) in [5.74, 6) is -1.02. The number of rotatable bonds is 5. The molecule has 1 aromatic heterocycles. The molecule has 1 aromatic carbocycles. The van der Waals surface area contributed by atoms with Gasteiger partial charge in [0.25, 0.3) is 5.56 Å². The van der Waals surface area contributed by atoms with Gasteiger partial charge in [-0.15, -0.1) is 0 Å². The van der Waals surface area contributed by atoms with Crippen molar-refractivity contribution in [2.75, 3.05) is 13.1 Å². The molecule has 0 unspecified atom stereocenters. The summed E-state index contributed by atoms with van der Waals surface area (Å²) in [6.45, 7) is 3.45. The molecule has 2 aromatic rings. The highest BCUT2D eigenvalue weighted by Gasteiger charge is 2.50. The van der Waals surface area contributed by atoms with E-state index in [9.17, 15) is 24.6 Å². The average molecular weight is 399 g/mol. The zero-order valence-corrected chi connectivity index (χ0v) is 16.5. The third-order valence-electron chi connectivity index (χ3n) is 5.59. The van der Waals surface area contributed by atoms with Crippen molar-refractivity contribution in [3.63, 3.8) is 0 Å². The van der Waals surface area contributed by atoms with E-state index in [0.717, 1.165) is 5.56 Å². The number of benzene rings is 1. The first-order chi connectivity index (χ1) is 13.7. The number of aromatic nitrogens is 2. The molecule has 1 aliphatic rings. The van der Waals surface area contributed by atoms with Gasteiger partial charge in [0.15, 0.2) is 0 Å². The lowest BCUT2D eigenvalue weighted by atomic mass is 9.72. The number of nitrogens with one attached hydrogen (secondary N) is 1. The normalized spacial score (nSPS) is 21.8. The Kier molecular flexibility index (Phi) is 5.83. The van der Waals surface area contributed by atoms with Crippen LogP contribution in [0.1, 0.15) is 29.1 Å². The number of carbonyl (C=O) groups excluding carboxylic acids is 1. The second-order valence-electron chi connectivity index (χ2n) is 7.64. The molecule has 3 rings (SSSR count). The summed E-state index contributed by atoms with van der Waals surface area (Å²) in [5, 5.41) is 20.5. The van der Waals surface area contributed by atoms with Crippen LogP contribution < -0.4 is 5.56 Å². The van der Waals surface area contributed by atoms with Gasteiger partial charge in [-0.25, -0.2) is 4.98 Å². The third kappa shape index (κ3) is 4.22. The molecule has 0 saturated carbocycles. The number of piperidine rings is 1. The first-order valence-corrected chi connectivity index (χ1v) is 9.52. The number of nitrogens with zero attached hydrogens (tertiary/aromatic N) is 2. The fraction of sp³-hybridized carbons (Fsp3) is 0.429. The standard InChI is InChI=1S/C21H25N3O5/c1-13-16(19(27)23-14(2)22-13)10-18(26)24-9-8-17(25)21(12-24,20(28)29)11-15-6-4-3-5-7-15/h3-7,17,25H,8-12H2,1-2H3,(H,28,29)(H,22,23,27)/t17-,21+/m0/s1. The molecule has 1 fully saturated rings. The number of carboxylic acid groups (broad SMARTS) is 1. The topological polar surface area (TPSA) is 124 Å². The molecule has 0 radical (unpaired) electrons. The van der Waals surface area contributed by atoms with E-state index < -0.39 is 17.5 Å². The Hall–Kier alpha value is -3.00. The maximum atomic E-state index is 12.9. The quantitative estimate of drug-likeness (QED) is 0.684. The largest absolute Gasteiger partial charge is 0.481 e. The van der Waals surface area contributed by atoms with Crippen LogP contribution in [0.4, 0.5) is 0 Å². The zero-order chi connectivity index (χ0) is 21.2. The lowest BCUT2D eigenvalue weighted by molar-refractivity contribution is -0.165. The molecule has 2 heterocycles. The van der Waals surface area contributed by atoms with Crippen LogP contribution in [0.2, 0.25) is 0 Å². The maximum absolute atomic E-state index is 12.9. The van der Waals surface area contributed by atoms with Gasteiger partial charge < -0.3 is 20.1 Å². The molecule has 0 bridgehead atoms. The molecule has 0 spiro atoms. The van der Waals surface area contributed by atoms with E-state index in [0.29, 0.717) is 11.5 Å². The number of hydrogen-bond acceptors (Lipinski definition) is 5. The first kappa shape index (κ1) is 20.7. The van der Waals surface area contributed by atoms with Crippen molar-refractivity contribution < 1.29 is 19.8 Å². The Morgan fingerprint density at radius 2 is 1.97 bits per heavy atom. The van der Waals surface area contributed by atoms with Crippen molar-refractivity contribution in [1.82, 2.24) is 14.9 Å². The first-order valence-electron chi connectivity index (χ1n) is 9.52. The minimum Gasteiger partial charge on any atom is -0.481 e. The van der Waals surface area contributed by atoms with Crippen LogP contribution in [-0.2, 0) is 22.4 Å². The Balaban J connectivity index is 1.85. The predicted molar refractivity (Wildman–Crippen MR) is 105 cm³/mol. The molecular weight excluding hydrogens is 374 g/mol. The Bertz CT molecular complexity index is 972. The number of carbonyl (C=O) groups is 2. The number of aliphatic hydroxyl groups is 1. The third-order valence-corrected chi connectivity index (χ3v) is 5.59.